The molecule has 1 aliphatic heterocycles. The lowest BCUT2D eigenvalue weighted by atomic mass is 10.0. The van der Waals surface area contributed by atoms with Gasteiger partial charge in [0.05, 0.1) is 23.6 Å². The first-order chi connectivity index (χ1) is 17.2. The third-order valence-corrected chi connectivity index (χ3v) is 6.80. The van der Waals surface area contributed by atoms with E-state index in [1.54, 1.807) is 42.5 Å². The molecule has 0 saturated carbocycles. The molecule has 0 unspecified atom stereocenters. The third-order valence-electron chi connectivity index (χ3n) is 5.30. The SMILES string of the molecule is N#C/C(C(=O)NCc1ccco1)=C1/S[C@H](Cc2cc(Cl)ccc2C(F)(F)F)C(=O)N1c1ccccc1. The molecule has 0 aliphatic carbocycles. The van der Waals surface area contributed by atoms with Gasteiger partial charge in [-0.1, -0.05) is 41.6 Å². The predicted octanol–water partition coefficient (Wildman–Crippen LogP) is 5.69. The monoisotopic (exact) mass is 531 g/mol. The Morgan fingerprint density at radius 3 is 2.56 bits per heavy atom. The number of nitriles is 1. The van der Waals surface area contributed by atoms with E-state index in [-0.39, 0.29) is 34.2 Å². The summed E-state index contributed by atoms with van der Waals surface area (Å²) in [5, 5.41) is 11.5. The van der Waals surface area contributed by atoms with Crippen molar-refractivity contribution in [2.45, 2.75) is 24.4 Å². The molecule has 36 heavy (non-hydrogen) atoms. The second-order valence-corrected chi connectivity index (χ2v) is 9.30. The highest BCUT2D eigenvalue weighted by Crippen LogP contribution is 2.43. The Balaban J connectivity index is 1.71. The number of thioether (sulfide) groups is 1. The molecule has 11 heteroatoms. The van der Waals surface area contributed by atoms with Crippen molar-refractivity contribution in [2.75, 3.05) is 4.90 Å². The van der Waals surface area contributed by atoms with Crippen LogP contribution in [0, 0.1) is 11.3 Å². The van der Waals surface area contributed by atoms with Crippen LogP contribution in [0.2, 0.25) is 5.02 Å². The molecule has 0 spiro atoms. The molecule has 1 saturated heterocycles. The summed E-state index contributed by atoms with van der Waals surface area (Å²) in [6, 6.07) is 16.6. The molecule has 3 aromatic rings. The maximum Gasteiger partial charge on any atom is 0.416 e. The minimum Gasteiger partial charge on any atom is -0.467 e. The molecule has 1 atom stereocenters. The van der Waals surface area contributed by atoms with Crippen LogP contribution in [0.15, 0.2) is 81.9 Å². The molecule has 1 aliphatic rings. The normalized spacial score (nSPS) is 17.1. The number of nitrogens with one attached hydrogen (secondary N) is 1. The maximum absolute atomic E-state index is 13.6. The number of anilines is 1. The fourth-order valence-electron chi connectivity index (χ4n) is 3.68. The summed E-state index contributed by atoms with van der Waals surface area (Å²) in [4.78, 5) is 27.5. The Morgan fingerprint density at radius 2 is 1.92 bits per heavy atom. The summed E-state index contributed by atoms with van der Waals surface area (Å²) >= 11 is 6.82. The van der Waals surface area contributed by atoms with Gasteiger partial charge >= 0.3 is 6.18 Å². The number of hydrogen-bond donors (Lipinski definition) is 1. The molecule has 2 aromatic carbocycles. The third kappa shape index (κ3) is 5.42. The summed E-state index contributed by atoms with van der Waals surface area (Å²) in [5.74, 6) is -0.843. The van der Waals surface area contributed by atoms with Crippen molar-refractivity contribution in [3.05, 3.63) is 99.4 Å². The number of furan rings is 1. The molecule has 2 heterocycles. The zero-order chi connectivity index (χ0) is 25.9. The summed E-state index contributed by atoms with van der Waals surface area (Å²) in [6.45, 7) is 0.00906. The van der Waals surface area contributed by atoms with Gasteiger partial charge in [0.1, 0.15) is 22.4 Å². The van der Waals surface area contributed by atoms with E-state index < -0.39 is 28.8 Å². The van der Waals surface area contributed by atoms with E-state index in [0.717, 1.165) is 23.9 Å². The summed E-state index contributed by atoms with van der Waals surface area (Å²) in [6.07, 6.45) is -3.52. The smallest absolute Gasteiger partial charge is 0.416 e. The number of amides is 2. The van der Waals surface area contributed by atoms with Crippen LogP contribution in [0.3, 0.4) is 0 Å². The van der Waals surface area contributed by atoms with Crippen molar-refractivity contribution in [3.8, 4) is 6.07 Å². The number of alkyl halides is 3. The molecule has 2 amide bonds. The highest BCUT2D eigenvalue weighted by Gasteiger charge is 2.42. The van der Waals surface area contributed by atoms with E-state index >= 15 is 0 Å². The van der Waals surface area contributed by atoms with Crippen LogP contribution in [0.1, 0.15) is 16.9 Å². The van der Waals surface area contributed by atoms with Crippen molar-refractivity contribution in [1.29, 1.82) is 5.26 Å². The van der Waals surface area contributed by atoms with Gasteiger partial charge in [0.25, 0.3) is 5.91 Å². The Hall–Kier alpha value is -3.68. The van der Waals surface area contributed by atoms with Crippen molar-refractivity contribution < 1.29 is 27.2 Å². The average Bonchev–Trinajstić information content (AvgIpc) is 3.46. The first-order valence-corrected chi connectivity index (χ1v) is 11.8. The molecular weight excluding hydrogens is 515 g/mol. The van der Waals surface area contributed by atoms with Crippen LogP contribution in [-0.4, -0.2) is 17.1 Å². The number of rotatable bonds is 6. The number of para-hydroxylation sites is 1. The molecule has 184 valence electrons. The molecule has 1 N–H and O–H groups in total. The number of carbonyl (C=O) groups is 2. The van der Waals surface area contributed by atoms with Gasteiger partial charge < -0.3 is 9.73 Å². The summed E-state index contributed by atoms with van der Waals surface area (Å²) in [5.41, 5.74) is -1.02. The highest BCUT2D eigenvalue weighted by atomic mass is 35.5. The van der Waals surface area contributed by atoms with Crippen LogP contribution < -0.4 is 10.2 Å². The maximum atomic E-state index is 13.6. The molecule has 1 fully saturated rings. The van der Waals surface area contributed by atoms with Gasteiger partial charge in [-0.15, -0.1) is 0 Å². The van der Waals surface area contributed by atoms with Crippen LogP contribution >= 0.6 is 23.4 Å². The molecule has 0 bridgehead atoms. The van der Waals surface area contributed by atoms with Crippen LogP contribution in [0.25, 0.3) is 0 Å². The molecule has 1 aromatic heterocycles. The van der Waals surface area contributed by atoms with E-state index in [9.17, 15) is 28.0 Å². The van der Waals surface area contributed by atoms with Crippen molar-refractivity contribution >= 4 is 40.9 Å². The lowest BCUT2D eigenvalue weighted by molar-refractivity contribution is -0.138. The van der Waals surface area contributed by atoms with E-state index in [1.807, 2.05) is 6.07 Å². The van der Waals surface area contributed by atoms with Crippen LogP contribution in [0.4, 0.5) is 18.9 Å². The quantitative estimate of drug-likeness (QED) is 0.326. The summed E-state index contributed by atoms with van der Waals surface area (Å²) < 4.78 is 46.0. The Kier molecular flexibility index (Phi) is 7.43. The average molecular weight is 532 g/mol. The predicted molar refractivity (Wildman–Crippen MR) is 129 cm³/mol. The second kappa shape index (κ2) is 10.5. The van der Waals surface area contributed by atoms with Gasteiger partial charge in [0.15, 0.2) is 0 Å². The van der Waals surface area contributed by atoms with Gasteiger partial charge in [-0.05, 0) is 54.4 Å². The Labute approximate surface area is 213 Å². The van der Waals surface area contributed by atoms with E-state index in [1.165, 1.54) is 17.2 Å². The standard InChI is InChI=1S/C25H17ClF3N3O3S/c26-16-8-9-20(25(27,28)29)15(11-16)12-21-23(34)32(17-5-2-1-3-6-17)24(36-21)19(13-30)22(33)31-14-18-7-4-10-35-18/h1-11,21H,12,14H2,(H,31,33)/b24-19-/t21-/m1/s1. The minimum absolute atomic E-state index is 0.00906. The lowest BCUT2D eigenvalue weighted by Gasteiger charge is -2.19. The van der Waals surface area contributed by atoms with Gasteiger partial charge in [0.2, 0.25) is 5.91 Å². The number of benzene rings is 2. The Bertz CT molecular complexity index is 1350. The summed E-state index contributed by atoms with van der Waals surface area (Å²) in [7, 11) is 0. The number of nitrogens with zero attached hydrogens (tertiary/aromatic N) is 2. The number of halogens is 4. The van der Waals surface area contributed by atoms with E-state index in [4.69, 9.17) is 16.0 Å². The first-order valence-electron chi connectivity index (χ1n) is 10.5. The van der Waals surface area contributed by atoms with Crippen molar-refractivity contribution in [2.24, 2.45) is 0 Å². The number of carbonyl (C=O) groups excluding carboxylic acids is 2. The van der Waals surface area contributed by atoms with Gasteiger partial charge in [-0.3, -0.25) is 14.5 Å². The minimum atomic E-state index is -4.65. The lowest BCUT2D eigenvalue weighted by Crippen LogP contribution is -2.32. The van der Waals surface area contributed by atoms with Gasteiger partial charge in [-0.2, -0.15) is 18.4 Å². The first kappa shape index (κ1) is 25.4. The number of hydrogen-bond acceptors (Lipinski definition) is 5. The Morgan fingerprint density at radius 1 is 1.17 bits per heavy atom. The largest absolute Gasteiger partial charge is 0.467 e. The van der Waals surface area contributed by atoms with Crippen LogP contribution in [-0.2, 0) is 28.7 Å². The fraction of sp³-hybridized carbons (Fsp3) is 0.160. The van der Waals surface area contributed by atoms with E-state index in [0.29, 0.717) is 11.4 Å². The van der Waals surface area contributed by atoms with Gasteiger partial charge in [-0.25, -0.2) is 0 Å². The second-order valence-electron chi connectivity index (χ2n) is 7.67. The molecule has 4 rings (SSSR count). The van der Waals surface area contributed by atoms with E-state index in [2.05, 4.69) is 5.32 Å². The topological polar surface area (TPSA) is 86.3 Å². The van der Waals surface area contributed by atoms with Crippen molar-refractivity contribution in [3.63, 3.8) is 0 Å². The fourth-order valence-corrected chi connectivity index (χ4v) is 5.17. The highest BCUT2D eigenvalue weighted by molar-refractivity contribution is 8.05. The zero-order valence-corrected chi connectivity index (χ0v) is 20.0. The van der Waals surface area contributed by atoms with Crippen LogP contribution in [0.5, 0.6) is 0 Å². The molecule has 6 nitrogen and oxygen atoms in total. The molecular formula is C25H17ClF3N3O3S. The van der Waals surface area contributed by atoms with Gasteiger partial charge in [0, 0.05) is 10.7 Å². The molecule has 0 radical (unpaired) electrons. The van der Waals surface area contributed by atoms with Crippen molar-refractivity contribution in [1.82, 2.24) is 5.32 Å². The zero-order valence-electron chi connectivity index (χ0n) is 18.4.